The summed E-state index contributed by atoms with van der Waals surface area (Å²) in [5.41, 5.74) is 0.0745. The van der Waals surface area contributed by atoms with Crippen LogP contribution in [-0.4, -0.2) is 36.5 Å². The first kappa shape index (κ1) is 15.9. The predicted molar refractivity (Wildman–Crippen MR) is 68.5 cm³/mol. The van der Waals surface area contributed by atoms with Crippen molar-refractivity contribution >= 4 is 0 Å². The van der Waals surface area contributed by atoms with Gasteiger partial charge in [-0.1, -0.05) is 26.7 Å². The maximum atomic E-state index is 9.38. The Bertz CT molecular complexity index is 139. The van der Waals surface area contributed by atoms with Crippen molar-refractivity contribution in [2.45, 2.75) is 52.4 Å². The summed E-state index contributed by atoms with van der Waals surface area (Å²) in [6.45, 7) is 6.80. The molecule has 0 saturated heterocycles. The van der Waals surface area contributed by atoms with E-state index in [9.17, 15) is 5.11 Å². The van der Waals surface area contributed by atoms with Crippen molar-refractivity contribution in [3.63, 3.8) is 0 Å². The van der Waals surface area contributed by atoms with Crippen LogP contribution in [0, 0.1) is 5.41 Å². The van der Waals surface area contributed by atoms with Gasteiger partial charge in [0.05, 0.1) is 0 Å². The molecule has 0 rings (SSSR count). The number of aliphatic hydroxyl groups is 2. The van der Waals surface area contributed by atoms with Crippen LogP contribution in [0.15, 0.2) is 0 Å². The molecule has 0 saturated carbocycles. The molecule has 0 amide bonds. The van der Waals surface area contributed by atoms with Gasteiger partial charge >= 0.3 is 0 Å². The van der Waals surface area contributed by atoms with Crippen LogP contribution in [0.3, 0.4) is 0 Å². The first-order valence-electron chi connectivity index (χ1n) is 6.67. The molecule has 0 aliphatic rings. The molecule has 0 aliphatic carbocycles. The maximum absolute atomic E-state index is 9.38. The van der Waals surface area contributed by atoms with Crippen molar-refractivity contribution in [2.24, 2.45) is 5.41 Å². The monoisotopic (exact) mass is 231 g/mol. The summed E-state index contributed by atoms with van der Waals surface area (Å²) in [5.74, 6) is 0. The second kappa shape index (κ2) is 10.1. The van der Waals surface area contributed by atoms with Gasteiger partial charge in [-0.05, 0) is 32.2 Å². The van der Waals surface area contributed by atoms with E-state index < -0.39 is 0 Å². The zero-order valence-corrected chi connectivity index (χ0v) is 11.0. The van der Waals surface area contributed by atoms with Crippen molar-refractivity contribution in [1.82, 2.24) is 5.32 Å². The molecule has 0 aliphatic heterocycles. The SMILES string of the molecule is CCC(CC)(CO)CNCCCCCCO. The molecule has 0 aromatic rings. The molecule has 0 unspecified atom stereocenters. The molecule has 3 nitrogen and oxygen atoms in total. The van der Waals surface area contributed by atoms with Gasteiger partial charge in [-0.2, -0.15) is 0 Å². The summed E-state index contributed by atoms with van der Waals surface area (Å²) in [4.78, 5) is 0. The minimum absolute atomic E-state index is 0.0745. The lowest BCUT2D eigenvalue weighted by Crippen LogP contribution is -2.36. The van der Waals surface area contributed by atoms with E-state index in [-0.39, 0.29) is 12.0 Å². The smallest absolute Gasteiger partial charge is 0.0499 e. The molecule has 0 aromatic heterocycles. The number of aliphatic hydroxyl groups excluding tert-OH is 2. The Morgan fingerprint density at radius 3 is 2.06 bits per heavy atom. The molecule has 0 aromatic carbocycles. The Labute approximate surface area is 100 Å². The average Bonchev–Trinajstić information content (AvgIpc) is 2.34. The van der Waals surface area contributed by atoms with Crippen LogP contribution in [0.25, 0.3) is 0 Å². The lowest BCUT2D eigenvalue weighted by Gasteiger charge is -2.29. The molecule has 3 heteroatoms. The minimum Gasteiger partial charge on any atom is -0.396 e. The molecule has 0 heterocycles. The Morgan fingerprint density at radius 1 is 0.938 bits per heavy atom. The van der Waals surface area contributed by atoms with E-state index in [1.165, 1.54) is 6.42 Å². The second-order valence-corrected chi connectivity index (χ2v) is 4.68. The molecule has 16 heavy (non-hydrogen) atoms. The molecular formula is C13H29NO2. The van der Waals surface area contributed by atoms with Crippen LogP contribution in [-0.2, 0) is 0 Å². The summed E-state index contributed by atoms with van der Waals surface area (Å²) in [6, 6.07) is 0. The van der Waals surface area contributed by atoms with Crippen LogP contribution in [0.1, 0.15) is 52.4 Å². The van der Waals surface area contributed by atoms with Crippen LogP contribution in [0.5, 0.6) is 0 Å². The third-order valence-electron chi connectivity index (χ3n) is 3.60. The largest absolute Gasteiger partial charge is 0.396 e. The highest BCUT2D eigenvalue weighted by Crippen LogP contribution is 2.24. The number of nitrogens with one attached hydrogen (secondary N) is 1. The number of hydrogen-bond acceptors (Lipinski definition) is 3. The fraction of sp³-hybridized carbons (Fsp3) is 1.00. The van der Waals surface area contributed by atoms with E-state index in [1.807, 2.05) is 0 Å². The molecule has 98 valence electrons. The highest BCUT2D eigenvalue weighted by molar-refractivity contribution is 4.77. The van der Waals surface area contributed by atoms with Crippen LogP contribution in [0.4, 0.5) is 0 Å². The van der Waals surface area contributed by atoms with Gasteiger partial charge in [0.2, 0.25) is 0 Å². The summed E-state index contributed by atoms with van der Waals surface area (Å²) in [5, 5.41) is 21.4. The lowest BCUT2D eigenvalue weighted by molar-refractivity contribution is 0.113. The average molecular weight is 231 g/mol. The van der Waals surface area contributed by atoms with E-state index in [1.54, 1.807) is 0 Å². The number of unbranched alkanes of at least 4 members (excludes halogenated alkanes) is 3. The topological polar surface area (TPSA) is 52.5 Å². The zero-order chi connectivity index (χ0) is 12.3. The zero-order valence-electron chi connectivity index (χ0n) is 11.0. The van der Waals surface area contributed by atoms with E-state index in [4.69, 9.17) is 5.11 Å². The van der Waals surface area contributed by atoms with Gasteiger partial charge in [0, 0.05) is 25.2 Å². The van der Waals surface area contributed by atoms with Crippen molar-refractivity contribution in [3.05, 3.63) is 0 Å². The van der Waals surface area contributed by atoms with Crippen molar-refractivity contribution < 1.29 is 10.2 Å². The Balaban J connectivity index is 3.48. The maximum Gasteiger partial charge on any atom is 0.0499 e. The molecule has 0 atom stereocenters. The first-order chi connectivity index (χ1) is 7.74. The summed E-state index contributed by atoms with van der Waals surface area (Å²) in [7, 11) is 0. The summed E-state index contributed by atoms with van der Waals surface area (Å²) in [6.07, 6.45) is 6.43. The molecule has 0 spiro atoms. The van der Waals surface area contributed by atoms with Gasteiger partial charge in [0.15, 0.2) is 0 Å². The van der Waals surface area contributed by atoms with Crippen LogP contribution < -0.4 is 5.32 Å². The summed E-state index contributed by atoms with van der Waals surface area (Å²) < 4.78 is 0. The van der Waals surface area contributed by atoms with E-state index in [0.29, 0.717) is 6.61 Å². The lowest BCUT2D eigenvalue weighted by atomic mass is 9.83. The van der Waals surface area contributed by atoms with Gasteiger partial charge in [-0.3, -0.25) is 0 Å². The van der Waals surface area contributed by atoms with Gasteiger partial charge in [-0.25, -0.2) is 0 Å². The molecule has 3 N–H and O–H groups in total. The van der Waals surface area contributed by atoms with Crippen molar-refractivity contribution in [3.8, 4) is 0 Å². The Morgan fingerprint density at radius 2 is 1.56 bits per heavy atom. The molecular weight excluding hydrogens is 202 g/mol. The van der Waals surface area contributed by atoms with Gasteiger partial charge in [0.1, 0.15) is 0 Å². The van der Waals surface area contributed by atoms with Crippen molar-refractivity contribution in [2.75, 3.05) is 26.3 Å². The fourth-order valence-corrected chi connectivity index (χ4v) is 1.85. The Kier molecular flexibility index (Phi) is 9.99. The highest BCUT2D eigenvalue weighted by Gasteiger charge is 2.24. The van der Waals surface area contributed by atoms with Gasteiger partial charge in [0.25, 0.3) is 0 Å². The van der Waals surface area contributed by atoms with E-state index >= 15 is 0 Å². The third kappa shape index (κ3) is 6.46. The highest BCUT2D eigenvalue weighted by atomic mass is 16.3. The first-order valence-corrected chi connectivity index (χ1v) is 6.67. The fourth-order valence-electron chi connectivity index (χ4n) is 1.85. The van der Waals surface area contributed by atoms with E-state index in [2.05, 4.69) is 19.2 Å². The normalized spacial score (nSPS) is 12.0. The predicted octanol–water partition coefficient (Wildman–Crippen LogP) is 1.93. The quantitative estimate of drug-likeness (QED) is 0.476. The molecule has 0 fully saturated rings. The number of hydrogen-bond donors (Lipinski definition) is 3. The van der Waals surface area contributed by atoms with E-state index in [0.717, 1.165) is 45.2 Å². The second-order valence-electron chi connectivity index (χ2n) is 4.68. The van der Waals surface area contributed by atoms with Gasteiger partial charge in [-0.15, -0.1) is 0 Å². The van der Waals surface area contributed by atoms with Crippen LogP contribution >= 0.6 is 0 Å². The van der Waals surface area contributed by atoms with Crippen molar-refractivity contribution in [1.29, 1.82) is 0 Å². The number of rotatable bonds is 11. The van der Waals surface area contributed by atoms with Crippen LogP contribution in [0.2, 0.25) is 0 Å². The van der Waals surface area contributed by atoms with Gasteiger partial charge < -0.3 is 15.5 Å². The third-order valence-corrected chi connectivity index (χ3v) is 3.60. The standard InChI is InChI=1S/C13H29NO2/c1-3-13(4-2,12-16)11-14-9-7-5-6-8-10-15/h14-16H,3-12H2,1-2H3. The molecule has 0 radical (unpaired) electrons. The molecule has 0 bridgehead atoms. The Hall–Kier alpha value is -0.120. The summed E-state index contributed by atoms with van der Waals surface area (Å²) >= 11 is 0. The minimum atomic E-state index is 0.0745.